The van der Waals surface area contributed by atoms with Crippen LogP contribution in [-0.2, 0) is 9.05 Å². The summed E-state index contributed by atoms with van der Waals surface area (Å²) < 4.78 is 62.9. The predicted molar refractivity (Wildman–Crippen MR) is 51.0 cm³/mol. The highest BCUT2D eigenvalue weighted by Crippen LogP contribution is 2.30. The summed E-state index contributed by atoms with van der Waals surface area (Å²) in [6.07, 6.45) is -4.09. The fraction of sp³-hybridized carbons (Fsp3) is 0.250. The van der Waals surface area contributed by atoms with Crippen LogP contribution in [0, 0.1) is 0 Å². The van der Waals surface area contributed by atoms with Crippen LogP contribution in [0.25, 0.3) is 0 Å². The van der Waals surface area contributed by atoms with Crippen molar-refractivity contribution < 1.29 is 26.3 Å². The average Bonchev–Trinajstić information content (AvgIpc) is 2.16. The van der Waals surface area contributed by atoms with Gasteiger partial charge in [-0.1, -0.05) is 12.1 Å². The van der Waals surface area contributed by atoms with E-state index in [9.17, 15) is 21.6 Å². The van der Waals surface area contributed by atoms with E-state index in [0.717, 1.165) is 12.1 Å². The predicted octanol–water partition coefficient (Wildman–Crippen LogP) is 2.56. The maximum Gasteiger partial charge on any atom is 0.427 e. The maximum atomic E-state index is 12.6. The highest BCUT2D eigenvalue weighted by atomic mass is 35.7. The van der Waals surface area contributed by atoms with E-state index >= 15 is 0 Å². The quantitative estimate of drug-likeness (QED) is 0.793. The van der Waals surface area contributed by atoms with Crippen molar-refractivity contribution in [3.05, 3.63) is 24.3 Å². The lowest BCUT2D eigenvalue weighted by atomic mass is 10.3. The van der Waals surface area contributed by atoms with Crippen LogP contribution in [0.5, 0.6) is 5.75 Å². The minimum absolute atomic E-state index is 0.634. The molecule has 0 spiro atoms. The first-order valence-electron chi connectivity index (χ1n) is 3.93. The Morgan fingerprint density at radius 2 is 1.88 bits per heavy atom. The minimum Gasteiger partial charge on any atom is -0.429 e. The number of para-hydroxylation sites is 1. The second kappa shape index (κ2) is 4.50. The zero-order chi connectivity index (χ0) is 12.4. The Balaban J connectivity index is 3.16. The number of ether oxygens (including phenoxy) is 1. The van der Waals surface area contributed by atoms with Gasteiger partial charge in [0.05, 0.1) is 0 Å². The zero-order valence-corrected chi connectivity index (χ0v) is 9.23. The Morgan fingerprint density at radius 1 is 1.31 bits per heavy atom. The second-order valence-electron chi connectivity index (χ2n) is 2.76. The van der Waals surface area contributed by atoms with Crippen LogP contribution in [0.15, 0.2) is 29.2 Å². The molecular weight excluding hydrogens is 269 g/mol. The van der Waals surface area contributed by atoms with Gasteiger partial charge in [0.1, 0.15) is 10.6 Å². The number of alkyl halides is 3. The Morgan fingerprint density at radius 3 is 2.38 bits per heavy atom. The van der Waals surface area contributed by atoms with Gasteiger partial charge in [-0.05, 0) is 12.1 Å². The van der Waals surface area contributed by atoms with E-state index in [1.54, 1.807) is 0 Å². The van der Waals surface area contributed by atoms with Gasteiger partial charge in [-0.2, -0.15) is 8.78 Å². The molecule has 16 heavy (non-hydrogen) atoms. The molecule has 0 fully saturated rings. The maximum absolute atomic E-state index is 12.6. The first-order chi connectivity index (χ1) is 7.26. The van der Waals surface area contributed by atoms with Gasteiger partial charge < -0.3 is 4.74 Å². The second-order valence-corrected chi connectivity index (χ2v) is 5.29. The number of rotatable bonds is 4. The summed E-state index contributed by atoms with van der Waals surface area (Å²) in [6, 6.07) is 4.47. The first kappa shape index (κ1) is 13.1. The molecule has 0 aliphatic rings. The fourth-order valence-corrected chi connectivity index (χ4v) is 1.90. The van der Waals surface area contributed by atoms with Crippen molar-refractivity contribution >= 4 is 19.7 Å². The molecule has 1 rings (SSSR count). The number of halogens is 4. The molecule has 0 aliphatic heterocycles. The van der Waals surface area contributed by atoms with Crippen molar-refractivity contribution in [2.24, 2.45) is 0 Å². The fourth-order valence-electron chi connectivity index (χ4n) is 0.924. The average molecular weight is 275 g/mol. The van der Waals surface area contributed by atoms with Gasteiger partial charge in [-0.15, -0.1) is 0 Å². The van der Waals surface area contributed by atoms with Crippen molar-refractivity contribution in [3.8, 4) is 5.75 Å². The molecule has 0 amide bonds. The van der Waals surface area contributed by atoms with Gasteiger partial charge in [-0.25, -0.2) is 12.8 Å². The number of hydrogen-bond acceptors (Lipinski definition) is 3. The van der Waals surface area contributed by atoms with Crippen molar-refractivity contribution in [3.63, 3.8) is 0 Å². The lowest BCUT2D eigenvalue weighted by molar-refractivity contribution is -0.187. The molecule has 0 N–H and O–H groups in total. The summed E-state index contributed by atoms with van der Waals surface area (Å²) in [7, 11) is 0.767. The summed E-state index contributed by atoms with van der Waals surface area (Å²) in [5, 5.41) is 0. The lowest BCUT2D eigenvalue weighted by Gasteiger charge is -2.15. The molecular formula is C8H6ClF3O3S. The molecule has 3 nitrogen and oxygen atoms in total. The van der Waals surface area contributed by atoms with Gasteiger partial charge in [-0.3, -0.25) is 0 Å². The largest absolute Gasteiger partial charge is 0.429 e. The molecule has 1 aromatic carbocycles. The van der Waals surface area contributed by atoms with E-state index in [0.29, 0.717) is 0 Å². The van der Waals surface area contributed by atoms with E-state index in [2.05, 4.69) is 4.74 Å². The van der Waals surface area contributed by atoms with Crippen molar-refractivity contribution in [1.82, 2.24) is 0 Å². The Bertz CT molecular complexity index is 475. The van der Waals surface area contributed by atoms with Gasteiger partial charge >= 0.3 is 6.11 Å². The highest BCUT2D eigenvalue weighted by Gasteiger charge is 2.33. The third-order valence-electron chi connectivity index (χ3n) is 1.53. The van der Waals surface area contributed by atoms with Gasteiger partial charge in [0, 0.05) is 10.7 Å². The summed E-state index contributed by atoms with van der Waals surface area (Å²) in [5.74, 6) is -0.694. The molecule has 0 atom stereocenters. The van der Waals surface area contributed by atoms with E-state index in [1.807, 2.05) is 0 Å². The lowest BCUT2D eigenvalue weighted by Crippen LogP contribution is -2.27. The van der Waals surface area contributed by atoms with Gasteiger partial charge in [0.15, 0.2) is 6.67 Å². The van der Waals surface area contributed by atoms with Crippen LogP contribution in [0.2, 0.25) is 0 Å². The van der Waals surface area contributed by atoms with E-state index in [1.165, 1.54) is 12.1 Å². The van der Waals surface area contributed by atoms with Crippen molar-refractivity contribution in [2.75, 3.05) is 6.67 Å². The molecule has 0 radical (unpaired) electrons. The molecule has 0 unspecified atom stereocenters. The Kier molecular flexibility index (Phi) is 3.69. The van der Waals surface area contributed by atoms with Crippen LogP contribution in [0.3, 0.4) is 0 Å². The van der Waals surface area contributed by atoms with Crippen LogP contribution in [0.1, 0.15) is 0 Å². The highest BCUT2D eigenvalue weighted by molar-refractivity contribution is 8.13. The van der Waals surface area contributed by atoms with Gasteiger partial charge in [0.25, 0.3) is 9.05 Å². The first-order valence-corrected chi connectivity index (χ1v) is 6.24. The Labute approximate surface area is 94.2 Å². The third kappa shape index (κ3) is 3.28. The SMILES string of the molecule is O=S(=O)(Cl)c1ccccc1OC(F)(F)CF. The number of benzene rings is 1. The topological polar surface area (TPSA) is 43.4 Å². The van der Waals surface area contributed by atoms with E-state index in [4.69, 9.17) is 10.7 Å². The Hall–Kier alpha value is -0.950. The third-order valence-corrected chi connectivity index (χ3v) is 2.89. The molecule has 0 aromatic heterocycles. The van der Waals surface area contributed by atoms with Crippen LogP contribution >= 0.6 is 10.7 Å². The van der Waals surface area contributed by atoms with Crippen molar-refractivity contribution in [1.29, 1.82) is 0 Å². The number of hydrogen-bond donors (Lipinski definition) is 0. The summed E-state index contributed by atoms with van der Waals surface area (Å²) >= 11 is 0. The molecule has 0 saturated heterocycles. The normalized spacial score (nSPS) is 12.5. The molecule has 0 heterocycles. The van der Waals surface area contributed by atoms with Crippen molar-refractivity contribution in [2.45, 2.75) is 11.0 Å². The van der Waals surface area contributed by atoms with Crippen LogP contribution in [0.4, 0.5) is 13.2 Å². The van der Waals surface area contributed by atoms with E-state index < -0.39 is 32.5 Å². The standard InChI is InChI=1S/C8H6ClF3O3S/c9-16(13,14)7-4-2-1-3-6(7)15-8(11,12)5-10/h1-4H,5H2. The molecule has 90 valence electrons. The summed E-state index contributed by atoms with van der Waals surface area (Å²) in [5.41, 5.74) is 0. The van der Waals surface area contributed by atoms with Gasteiger partial charge in [0.2, 0.25) is 0 Å². The molecule has 8 heteroatoms. The minimum atomic E-state index is -4.22. The molecule has 1 aromatic rings. The summed E-state index contributed by atoms with van der Waals surface area (Å²) in [6.45, 7) is -2.07. The zero-order valence-electron chi connectivity index (χ0n) is 7.66. The monoisotopic (exact) mass is 274 g/mol. The molecule has 0 bridgehead atoms. The smallest absolute Gasteiger partial charge is 0.427 e. The molecule has 0 aliphatic carbocycles. The summed E-state index contributed by atoms with van der Waals surface area (Å²) in [4.78, 5) is -0.634. The molecule has 0 saturated carbocycles. The van der Waals surface area contributed by atoms with E-state index in [-0.39, 0.29) is 0 Å². The van der Waals surface area contributed by atoms with Crippen LogP contribution in [-0.4, -0.2) is 21.2 Å². The van der Waals surface area contributed by atoms with Crippen LogP contribution < -0.4 is 4.74 Å².